The van der Waals surface area contributed by atoms with E-state index in [1.165, 1.54) is 11.8 Å². The zero-order valence-corrected chi connectivity index (χ0v) is 13.2. The average molecular weight is 307 g/mol. The van der Waals surface area contributed by atoms with E-state index in [-0.39, 0.29) is 11.2 Å². The monoisotopic (exact) mass is 307 g/mol. The Kier molecular flexibility index (Phi) is 4.79. The molecule has 0 aliphatic heterocycles. The van der Waals surface area contributed by atoms with Crippen LogP contribution >= 0.6 is 11.8 Å². The second kappa shape index (κ2) is 6.57. The van der Waals surface area contributed by atoms with Crippen molar-refractivity contribution in [1.29, 1.82) is 0 Å². The highest BCUT2D eigenvalue weighted by atomic mass is 32.2. The minimum atomic E-state index is -0.278. The molecule has 0 fully saturated rings. The number of amides is 1. The first-order chi connectivity index (χ1) is 10.0. The number of thioether (sulfide) groups is 1. The fraction of sp³-hybridized carbons (Fsp3) is 0.385. The smallest absolute Gasteiger partial charge is 0.235 e. The highest BCUT2D eigenvalue weighted by Crippen LogP contribution is 2.27. The maximum atomic E-state index is 11.9. The number of nitrogens with zero attached hydrogens (tertiary/aromatic N) is 5. The van der Waals surface area contributed by atoms with Gasteiger partial charge in [0.2, 0.25) is 11.1 Å². The number of tetrazole rings is 1. The summed E-state index contributed by atoms with van der Waals surface area (Å²) in [6, 6.07) is 7.44. The van der Waals surface area contributed by atoms with E-state index in [1.54, 1.807) is 30.8 Å². The van der Waals surface area contributed by atoms with Crippen LogP contribution in [0, 0.1) is 0 Å². The van der Waals surface area contributed by atoms with Gasteiger partial charge in [0, 0.05) is 14.1 Å². The molecule has 21 heavy (non-hydrogen) atoms. The number of methoxy groups -OCH3 is 1. The van der Waals surface area contributed by atoms with Crippen LogP contribution in [0.5, 0.6) is 5.75 Å². The Morgan fingerprint density at radius 1 is 1.38 bits per heavy atom. The van der Waals surface area contributed by atoms with E-state index in [9.17, 15) is 4.79 Å². The second-order valence-electron chi connectivity index (χ2n) is 4.54. The molecule has 0 spiro atoms. The van der Waals surface area contributed by atoms with E-state index < -0.39 is 0 Å². The standard InChI is InChI=1S/C13H17N5O2S/c1-9(12(19)17(2)3)21-13-14-15-16-18(13)10-7-5-6-8-11(10)20-4/h5-9H,1-4H3. The van der Waals surface area contributed by atoms with Crippen LogP contribution in [0.4, 0.5) is 0 Å². The first kappa shape index (κ1) is 15.3. The SMILES string of the molecule is COc1ccccc1-n1nnnc1SC(C)C(=O)N(C)C. The highest BCUT2D eigenvalue weighted by molar-refractivity contribution is 8.00. The first-order valence-electron chi connectivity index (χ1n) is 6.34. The molecule has 8 heteroatoms. The van der Waals surface area contributed by atoms with Crippen molar-refractivity contribution >= 4 is 17.7 Å². The molecule has 1 amide bonds. The molecule has 7 nitrogen and oxygen atoms in total. The number of hydrogen-bond donors (Lipinski definition) is 0. The molecule has 112 valence electrons. The molecule has 0 aliphatic rings. The molecule has 1 heterocycles. The summed E-state index contributed by atoms with van der Waals surface area (Å²) >= 11 is 1.31. The Hall–Kier alpha value is -2.09. The Balaban J connectivity index is 2.29. The van der Waals surface area contributed by atoms with Crippen molar-refractivity contribution in [2.75, 3.05) is 21.2 Å². The van der Waals surface area contributed by atoms with E-state index in [1.807, 2.05) is 31.2 Å². The summed E-state index contributed by atoms with van der Waals surface area (Å²) in [4.78, 5) is 13.5. The summed E-state index contributed by atoms with van der Waals surface area (Å²) in [5, 5.41) is 11.9. The van der Waals surface area contributed by atoms with Gasteiger partial charge in [-0.25, -0.2) is 0 Å². The van der Waals surface area contributed by atoms with Crippen LogP contribution in [0.2, 0.25) is 0 Å². The van der Waals surface area contributed by atoms with Crippen LogP contribution in [0.15, 0.2) is 29.4 Å². The summed E-state index contributed by atoms with van der Waals surface area (Å²) in [6.45, 7) is 1.83. The molecule has 2 aromatic rings. The van der Waals surface area contributed by atoms with Crippen molar-refractivity contribution in [2.45, 2.75) is 17.3 Å². The molecule has 0 saturated heterocycles. The molecule has 0 bridgehead atoms. The van der Waals surface area contributed by atoms with Crippen LogP contribution in [-0.2, 0) is 4.79 Å². The number of carbonyl (C=O) groups excluding carboxylic acids is 1. The van der Waals surface area contributed by atoms with Crippen LogP contribution < -0.4 is 4.74 Å². The van der Waals surface area contributed by atoms with Crippen molar-refractivity contribution in [1.82, 2.24) is 25.1 Å². The largest absolute Gasteiger partial charge is 0.494 e. The minimum Gasteiger partial charge on any atom is -0.494 e. The van der Waals surface area contributed by atoms with E-state index in [0.29, 0.717) is 10.9 Å². The zero-order valence-electron chi connectivity index (χ0n) is 12.3. The van der Waals surface area contributed by atoms with Gasteiger partial charge in [-0.2, -0.15) is 4.68 Å². The summed E-state index contributed by atoms with van der Waals surface area (Å²) in [5.74, 6) is 0.674. The molecule has 1 aromatic heterocycles. The molecule has 1 atom stereocenters. The normalized spacial score (nSPS) is 12.0. The van der Waals surface area contributed by atoms with E-state index >= 15 is 0 Å². The topological polar surface area (TPSA) is 73.1 Å². The van der Waals surface area contributed by atoms with E-state index in [2.05, 4.69) is 15.5 Å². The van der Waals surface area contributed by atoms with Crippen molar-refractivity contribution < 1.29 is 9.53 Å². The number of ether oxygens (including phenoxy) is 1. The fourth-order valence-electron chi connectivity index (χ4n) is 1.78. The third-order valence-corrected chi connectivity index (χ3v) is 3.85. The number of carbonyl (C=O) groups is 1. The number of rotatable bonds is 5. The van der Waals surface area contributed by atoms with Crippen LogP contribution in [0.25, 0.3) is 5.69 Å². The maximum Gasteiger partial charge on any atom is 0.235 e. The second-order valence-corrected chi connectivity index (χ2v) is 5.85. The van der Waals surface area contributed by atoms with Gasteiger partial charge >= 0.3 is 0 Å². The molecule has 1 unspecified atom stereocenters. The molecular formula is C13H17N5O2S. The first-order valence-corrected chi connectivity index (χ1v) is 7.22. The number of aromatic nitrogens is 4. The van der Waals surface area contributed by atoms with Crippen LogP contribution in [0.1, 0.15) is 6.92 Å². The lowest BCUT2D eigenvalue weighted by Gasteiger charge is -2.16. The predicted octanol–water partition coefficient (Wildman–Crippen LogP) is 1.24. The van der Waals surface area contributed by atoms with Crippen molar-refractivity contribution in [3.63, 3.8) is 0 Å². The lowest BCUT2D eigenvalue weighted by atomic mass is 10.3. The Morgan fingerprint density at radius 3 is 2.76 bits per heavy atom. The van der Waals surface area contributed by atoms with Crippen LogP contribution in [-0.4, -0.2) is 57.5 Å². The van der Waals surface area contributed by atoms with Gasteiger partial charge in [0.1, 0.15) is 11.4 Å². The van der Waals surface area contributed by atoms with Gasteiger partial charge in [-0.3, -0.25) is 4.79 Å². The molecule has 0 radical (unpaired) electrons. The zero-order chi connectivity index (χ0) is 15.4. The average Bonchev–Trinajstić information content (AvgIpc) is 2.94. The molecule has 0 aliphatic carbocycles. The van der Waals surface area contributed by atoms with Gasteiger partial charge in [-0.05, 0) is 29.5 Å². The lowest BCUT2D eigenvalue weighted by Crippen LogP contribution is -2.29. The number of benzene rings is 1. The highest BCUT2D eigenvalue weighted by Gasteiger charge is 2.21. The quantitative estimate of drug-likeness (QED) is 0.774. The molecule has 0 N–H and O–H groups in total. The van der Waals surface area contributed by atoms with Crippen LogP contribution in [0.3, 0.4) is 0 Å². The Morgan fingerprint density at radius 2 is 2.10 bits per heavy atom. The van der Waals surface area contributed by atoms with Gasteiger partial charge in [0.05, 0.1) is 12.4 Å². The van der Waals surface area contributed by atoms with Crippen molar-refractivity contribution in [3.8, 4) is 11.4 Å². The predicted molar refractivity (Wildman–Crippen MR) is 79.7 cm³/mol. The number of para-hydroxylation sites is 2. The summed E-state index contributed by atoms with van der Waals surface area (Å²) in [5.41, 5.74) is 0.733. The lowest BCUT2D eigenvalue weighted by molar-refractivity contribution is -0.127. The van der Waals surface area contributed by atoms with Gasteiger partial charge in [0.25, 0.3) is 0 Å². The Labute approximate surface area is 127 Å². The van der Waals surface area contributed by atoms with Crippen molar-refractivity contribution in [2.24, 2.45) is 0 Å². The number of hydrogen-bond acceptors (Lipinski definition) is 6. The fourth-order valence-corrected chi connectivity index (χ4v) is 2.73. The third kappa shape index (κ3) is 3.33. The summed E-state index contributed by atoms with van der Waals surface area (Å²) in [7, 11) is 5.04. The van der Waals surface area contributed by atoms with Gasteiger partial charge in [0.15, 0.2) is 0 Å². The summed E-state index contributed by atoms with van der Waals surface area (Å²) < 4.78 is 6.89. The molecule has 1 aromatic carbocycles. The third-order valence-electron chi connectivity index (χ3n) is 2.82. The minimum absolute atomic E-state index is 0.00887. The summed E-state index contributed by atoms with van der Waals surface area (Å²) in [6.07, 6.45) is 0. The Bertz CT molecular complexity index is 629. The maximum absolute atomic E-state index is 11.9. The van der Waals surface area contributed by atoms with Crippen molar-refractivity contribution in [3.05, 3.63) is 24.3 Å². The molecular weight excluding hydrogens is 290 g/mol. The van der Waals surface area contributed by atoms with E-state index in [0.717, 1.165) is 5.69 Å². The van der Waals surface area contributed by atoms with Gasteiger partial charge in [-0.1, -0.05) is 23.9 Å². The molecule has 0 saturated carbocycles. The van der Waals surface area contributed by atoms with Gasteiger partial charge < -0.3 is 9.64 Å². The van der Waals surface area contributed by atoms with E-state index in [4.69, 9.17) is 4.74 Å². The van der Waals surface area contributed by atoms with Gasteiger partial charge in [-0.15, -0.1) is 5.10 Å². The molecule has 2 rings (SSSR count).